The Balaban J connectivity index is 2.53. The number of aromatic nitrogens is 1. The number of rotatable bonds is 4. The Morgan fingerprint density at radius 2 is 2.50 bits per heavy atom. The van der Waals surface area contributed by atoms with E-state index in [0.29, 0.717) is 11.6 Å². The second-order valence-corrected chi connectivity index (χ2v) is 3.21. The van der Waals surface area contributed by atoms with E-state index in [0.717, 1.165) is 5.69 Å². The van der Waals surface area contributed by atoms with Crippen LogP contribution in [-0.4, -0.2) is 24.0 Å². The summed E-state index contributed by atoms with van der Waals surface area (Å²) in [6.45, 7) is 4.44. The van der Waals surface area contributed by atoms with E-state index in [9.17, 15) is 4.79 Å². The van der Waals surface area contributed by atoms with Crippen LogP contribution in [0.3, 0.4) is 0 Å². The zero-order valence-electron chi connectivity index (χ0n) is 7.16. The molecular weight excluding hydrogens is 174 g/mol. The number of carbonyl (C=O) groups is 1. The first-order valence-corrected chi connectivity index (χ1v) is 4.65. The van der Waals surface area contributed by atoms with Crippen LogP contribution in [-0.2, 0) is 4.74 Å². The van der Waals surface area contributed by atoms with Crippen LogP contribution >= 0.6 is 11.3 Å². The summed E-state index contributed by atoms with van der Waals surface area (Å²) in [5, 5.41) is 2.40. The SMILES string of the molecule is CCOCC(=O)c1nc(C)cs1. The first-order chi connectivity index (χ1) is 5.74. The van der Waals surface area contributed by atoms with Crippen molar-refractivity contribution >= 4 is 17.1 Å². The van der Waals surface area contributed by atoms with Crippen molar-refractivity contribution in [3.8, 4) is 0 Å². The number of hydrogen-bond donors (Lipinski definition) is 0. The van der Waals surface area contributed by atoms with Gasteiger partial charge < -0.3 is 4.74 Å². The summed E-state index contributed by atoms with van der Waals surface area (Å²) < 4.78 is 4.98. The quantitative estimate of drug-likeness (QED) is 0.670. The topological polar surface area (TPSA) is 39.2 Å². The zero-order valence-corrected chi connectivity index (χ0v) is 7.98. The lowest BCUT2D eigenvalue weighted by Crippen LogP contribution is -2.08. The Morgan fingerprint density at radius 3 is 3.00 bits per heavy atom. The second kappa shape index (κ2) is 4.33. The third-order valence-corrected chi connectivity index (χ3v) is 2.30. The maximum absolute atomic E-state index is 11.2. The van der Waals surface area contributed by atoms with Gasteiger partial charge in [-0.15, -0.1) is 11.3 Å². The van der Waals surface area contributed by atoms with Crippen molar-refractivity contribution in [3.63, 3.8) is 0 Å². The number of aryl methyl sites for hydroxylation is 1. The standard InChI is InChI=1S/C8H11NO2S/c1-3-11-4-7(10)8-9-6(2)5-12-8/h5H,3-4H2,1-2H3. The van der Waals surface area contributed by atoms with Crippen LogP contribution in [0.5, 0.6) is 0 Å². The first kappa shape index (κ1) is 9.35. The molecule has 1 rings (SSSR count). The Bertz CT molecular complexity index is 270. The molecule has 1 aromatic heterocycles. The highest BCUT2D eigenvalue weighted by molar-refractivity contribution is 7.11. The van der Waals surface area contributed by atoms with Gasteiger partial charge in [0.2, 0.25) is 5.78 Å². The molecule has 0 saturated heterocycles. The summed E-state index contributed by atoms with van der Waals surface area (Å²) in [6, 6.07) is 0. The van der Waals surface area contributed by atoms with Crippen molar-refractivity contribution in [3.05, 3.63) is 16.1 Å². The van der Waals surface area contributed by atoms with Crippen molar-refractivity contribution in [2.45, 2.75) is 13.8 Å². The molecule has 0 aliphatic carbocycles. The molecule has 12 heavy (non-hydrogen) atoms. The van der Waals surface area contributed by atoms with Crippen molar-refractivity contribution in [2.24, 2.45) is 0 Å². The molecular formula is C8H11NO2S. The molecule has 1 heterocycles. The van der Waals surface area contributed by atoms with Crippen LogP contribution in [0, 0.1) is 6.92 Å². The van der Waals surface area contributed by atoms with Crippen molar-refractivity contribution in [2.75, 3.05) is 13.2 Å². The van der Waals surface area contributed by atoms with Crippen LogP contribution in [0.2, 0.25) is 0 Å². The van der Waals surface area contributed by atoms with E-state index in [-0.39, 0.29) is 12.4 Å². The molecule has 66 valence electrons. The van der Waals surface area contributed by atoms with E-state index in [2.05, 4.69) is 4.98 Å². The van der Waals surface area contributed by atoms with Gasteiger partial charge in [-0.2, -0.15) is 0 Å². The van der Waals surface area contributed by atoms with Gasteiger partial charge in [-0.05, 0) is 13.8 Å². The Hall–Kier alpha value is -0.740. The van der Waals surface area contributed by atoms with Crippen LogP contribution in [0.4, 0.5) is 0 Å². The van der Waals surface area contributed by atoms with E-state index in [4.69, 9.17) is 4.74 Å². The molecule has 0 aliphatic rings. The van der Waals surface area contributed by atoms with Crippen LogP contribution in [0.15, 0.2) is 5.38 Å². The lowest BCUT2D eigenvalue weighted by molar-refractivity contribution is 0.0783. The van der Waals surface area contributed by atoms with Crippen LogP contribution < -0.4 is 0 Å². The van der Waals surface area contributed by atoms with Crippen LogP contribution in [0.25, 0.3) is 0 Å². The smallest absolute Gasteiger partial charge is 0.216 e. The normalized spacial score (nSPS) is 10.2. The number of ketones is 1. The maximum Gasteiger partial charge on any atom is 0.216 e. The van der Waals surface area contributed by atoms with E-state index in [1.54, 1.807) is 0 Å². The largest absolute Gasteiger partial charge is 0.373 e. The maximum atomic E-state index is 11.2. The minimum atomic E-state index is -0.0325. The van der Waals surface area contributed by atoms with E-state index >= 15 is 0 Å². The average Bonchev–Trinajstić information content (AvgIpc) is 2.47. The Labute approximate surface area is 75.4 Å². The molecule has 0 amide bonds. The number of Topliss-reactive ketones (excluding diaryl/α,β-unsaturated/α-hetero) is 1. The van der Waals surface area contributed by atoms with E-state index < -0.39 is 0 Å². The summed E-state index contributed by atoms with van der Waals surface area (Å²) in [5.74, 6) is -0.0325. The van der Waals surface area contributed by atoms with Crippen molar-refractivity contribution < 1.29 is 9.53 Å². The predicted octanol–water partition coefficient (Wildman–Crippen LogP) is 1.67. The summed E-state index contributed by atoms with van der Waals surface area (Å²) >= 11 is 1.37. The van der Waals surface area contributed by atoms with Gasteiger partial charge in [0.1, 0.15) is 6.61 Å². The number of nitrogens with zero attached hydrogens (tertiary/aromatic N) is 1. The molecule has 4 heteroatoms. The molecule has 0 N–H and O–H groups in total. The van der Waals surface area contributed by atoms with Gasteiger partial charge in [0.15, 0.2) is 5.01 Å². The molecule has 0 aromatic carbocycles. The van der Waals surface area contributed by atoms with Crippen LogP contribution in [0.1, 0.15) is 22.4 Å². The number of ether oxygens (including phenoxy) is 1. The van der Waals surface area contributed by atoms with Crippen molar-refractivity contribution in [1.82, 2.24) is 4.98 Å². The summed E-state index contributed by atoms with van der Waals surface area (Å²) in [4.78, 5) is 15.3. The molecule has 0 radical (unpaired) electrons. The molecule has 0 unspecified atom stereocenters. The number of hydrogen-bond acceptors (Lipinski definition) is 4. The fourth-order valence-electron chi connectivity index (χ4n) is 0.739. The molecule has 0 fully saturated rings. The van der Waals surface area contributed by atoms with Gasteiger partial charge in [-0.25, -0.2) is 4.98 Å². The fraction of sp³-hybridized carbons (Fsp3) is 0.500. The zero-order chi connectivity index (χ0) is 8.97. The highest BCUT2D eigenvalue weighted by atomic mass is 32.1. The first-order valence-electron chi connectivity index (χ1n) is 3.77. The average molecular weight is 185 g/mol. The minimum Gasteiger partial charge on any atom is -0.373 e. The molecule has 0 saturated carbocycles. The molecule has 0 aliphatic heterocycles. The van der Waals surface area contributed by atoms with Crippen molar-refractivity contribution in [1.29, 1.82) is 0 Å². The fourth-order valence-corrected chi connectivity index (χ4v) is 1.46. The Morgan fingerprint density at radius 1 is 1.75 bits per heavy atom. The molecule has 0 spiro atoms. The van der Waals surface area contributed by atoms with Gasteiger partial charge in [0, 0.05) is 17.7 Å². The lowest BCUT2D eigenvalue weighted by Gasteiger charge is -1.95. The minimum absolute atomic E-state index is 0.0325. The third kappa shape index (κ3) is 2.39. The van der Waals surface area contributed by atoms with E-state index in [1.807, 2.05) is 19.2 Å². The van der Waals surface area contributed by atoms with Gasteiger partial charge in [-0.3, -0.25) is 4.79 Å². The van der Waals surface area contributed by atoms with Gasteiger partial charge in [0.05, 0.1) is 0 Å². The molecule has 0 bridgehead atoms. The Kier molecular flexibility index (Phi) is 3.37. The molecule has 1 aromatic rings. The van der Waals surface area contributed by atoms with Gasteiger partial charge in [0.25, 0.3) is 0 Å². The summed E-state index contributed by atoms with van der Waals surface area (Å²) in [6.07, 6.45) is 0. The lowest BCUT2D eigenvalue weighted by atomic mass is 10.4. The second-order valence-electron chi connectivity index (χ2n) is 2.35. The number of thiazole rings is 1. The predicted molar refractivity (Wildman–Crippen MR) is 47.7 cm³/mol. The highest BCUT2D eigenvalue weighted by Gasteiger charge is 2.08. The summed E-state index contributed by atoms with van der Waals surface area (Å²) in [7, 11) is 0. The highest BCUT2D eigenvalue weighted by Crippen LogP contribution is 2.09. The number of carbonyl (C=O) groups excluding carboxylic acids is 1. The van der Waals surface area contributed by atoms with E-state index in [1.165, 1.54) is 11.3 Å². The third-order valence-electron chi connectivity index (χ3n) is 1.29. The molecule has 3 nitrogen and oxygen atoms in total. The van der Waals surface area contributed by atoms with Gasteiger partial charge in [-0.1, -0.05) is 0 Å². The summed E-state index contributed by atoms with van der Waals surface area (Å²) in [5.41, 5.74) is 0.889. The van der Waals surface area contributed by atoms with Gasteiger partial charge >= 0.3 is 0 Å². The monoisotopic (exact) mass is 185 g/mol. The molecule has 0 atom stereocenters.